The van der Waals surface area contributed by atoms with Gasteiger partial charge in [0.05, 0.1) is 33.1 Å². The largest absolute Gasteiger partial charge is 0.309 e. The van der Waals surface area contributed by atoms with Crippen molar-refractivity contribution in [2.45, 2.75) is 0 Å². The van der Waals surface area contributed by atoms with Crippen LogP contribution in [-0.4, -0.2) is 42.1 Å². The lowest BCUT2D eigenvalue weighted by atomic mass is 9.39. The third-order valence-corrected chi connectivity index (χ3v) is 19.0. The van der Waals surface area contributed by atoms with Crippen LogP contribution in [0, 0.1) is 0 Å². The maximum Gasteiger partial charge on any atom is 0.242 e. The lowest BCUT2D eigenvalue weighted by molar-refractivity contribution is 1.07. The highest BCUT2D eigenvalue weighted by atomic mass is 15.0. The summed E-state index contributed by atoms with van der Waals surface area (Å²) >= 11 is 0. The van der Waals surface area contributed by atoms with Crippen molar-refractivity contribution in [2.24, 2.45) is 0 Å². The Hall–Kier alpha value is -11.6. The van der Waals surface area contributed by atoms with Gasteiger partial charge in [0.15, 0.2) is 17.5 Å². The Kier molecular flexibility index (Phi) is 10.9. The molecule has 0 unspecified atom stereocenters. The van der Waals surface area contributed by atoms with Crippen LogP contribution in [0.15, 0.2) is 303 Å². The summed E-state index contributed by atoms with van der Waals surface area (Å²) in [4.78, 5) is 15.5. The second-order valence-corrected chi connectivity index (χ2v) is 23.8. The molecular weight excluding hydrogens is 1080 g/mol. The van der Waals surface area contributed by atoms with Gasteiger partial charge in [-0.25, -0.2) is 15.0 Å². The second kappa shape index (κ2) is 19.5. The molecule has 0 atom stereocenters. The number of hydrogen-bond donors (Lipinski definition) is 0. The van der Waals surface area contributed by atoms with Gasteiger partial charge in [-0.2, -0.15) is 0 Å². The molecule has 19 rings (SSSR count). The summed E-state index contributed by atoms with van der Waals surface area (Å²) in [6.07, 6.45) is 0. The van der Waals surface area contributed by atoms with Gasteiger partial charge in [0.25, 0.3) is 0 Å². The van der Waals surface area contributed by atoms with E-state index in [1.807, 2.05) is 36.4 Å². The average molecular weight is 1130 g/mol. The minimum atomic E-state index is 0.0723. The van der Waals surface area contributed by atoms with Crippen molar-refractivity contribution in [3.8, 4) is 73.5 Å². The van der Waals surface area contributed by atoms with Crippen molar-refractivity contribution >= 4 is 112 Å². The monoisotopic (exact) mass is 1130 g/mol. The first-order valence-corrected chi connectivity index (χ1v) is 30.6. The Balaban J connectivity index is 0.891. The summed E-state index contributed by atoms with van der Waals surface area (Å²) in [6, 6.07) is 111. The van der Waals surface area contributed by atoms with E-state index in [-0.39, 0.29) is 13.4 Å². The molecule has 13 aromatic carbocycles. The molecule has 0 amide bonds. The van der Waals surface area contributed by atoms with Crippen molar-refractivity contribution in [3.63, 3.8) is 0 Å². The Morgan fingerprint density at radius 2 is 0.573 bits per heavy atom. The molecule has 6 nitrogen and oxygen atoms in total. The molecule has 0 spiro atoms. The van der Waals surface area contributed by atoms with Gasteiger partial charge in [0, 0.05) is 66.1 Å². The number of nitrogens with zero attached hydrogens (tertiary/aromatic N) is 6. The van der Waals surface area contributed by atoms with Crippen LogP contribution in [0.25, 0.3) is 139 Å². The summed E-state index contributed by atoms with van der Waals surface area (Å²) in [6.45, 7) is 0.156. The minimum Gasteiger partial charge on any atom is -0.309 e. The van der Waals surface area contributed by atoms with Gasteiger partial charge in [0.2, 0.25) is 13.4 Å². The summed E-state index contributed by atoms with van der Waals surface area (Å²) in [5, 5.41) is 7.19. The number of rotatable bonds is 8. The molecule has 4 aromatic heterocycles. The minimum absolute atomic E-state index is 0.0723. The second-order valence-electron chi connectivity index (χ2n) is 23.8. The SMILES string of the molecule is c1ccc(-c2nc(-c3ccccc3)nc(-c3cccc(-n4c5ccc(B6c7ccccc7-c7ccccc76)cc5c5cc6c7cc(B8c9ccccc9-c9ccccc98)ccc7n(-c7ccc8c(c7)c7ccccc7n8-c7ccccc7)c6cc54)c3)n2)cc1. The number of fused-ring (bicyclic) bond motifs is 15. The van der Waals surface area contributed by atoms with E-state index in [1.54, 1.807) is 0 Å². The average Bonchev–Trinajstić information content (AvgIpc) is 1.70. The van der Waals surface area contributed by atoms with Gasteiger partial charge in [-0.15, -0.1) is 0 Å². The molecule has 0 aliphatic carbocycles. The molecule has 89 heavy (non-hydrogen) atoms. The highest BCUT2D eigenvalue weighted by molar-refractivity contribution is 6.99. The van der Waals surface area contributed by atoms with Crippen LogP contribution in [0.2, 0.25) is 0 Å². The van der Waals surface area contributed by atoms with Crippen LogP contribution in [0.5, 0.6) is 0 Å². The van der Waals surface area contributed by atoms with E-state index < -0.39 is 0 Å². The topological polar surface area (TPSA) is 53.5 Å². The zero-order chi connectivity index (χ0) is 58.3. The highest BCUT2D eigenvalue weighted by Gasteiger charge is 2.35. The zero-order valence-corrected chi connectivity index (χ0v) is 48.2. The third-order valence-electron chi connectivity index (χ3n) is 19.0. The highest BCUT2D eigenvalue weighted by Crippen LogP contribution is 2.42. The van der Waals surface area contributed by atoms with Crippen LogP contribution in [0.4, 0.5) is 0 Å². The fraction of sp³-hybridized carbons (Fsp3) is 0. The quantitative estimate of drug-likeness (QED) is 0.143. The first-order chi connectivity index (χ1) is 44.1. The van der Waals surface area contributed by atoms with Crippen molar-refractivity contribution in [2.75, 3.05) is 0 Å². The smallest absolute Gasteiger partial charge is 0.242 e. The van der Waals surface area contributed by atoms with Crippen LogP contribution in [0.1, 0.15) is 0 Å². The van der Waals surface area contributed by atoms with Gasteiger partial charge < -0.3 is 13.7 Å². The van der Waals surface area contributed by atoms with Crippen LogP contribution >= 0.6 is 0 Å². The normalized spacial score (nSPS) is 12.4. The summed E-state index contributed by atoms with van der Waals surface area (Å²) in [7, 11) is 0. The molecule has 2 aliphatic heterocycles. The Morgan fingerprint density at radius 1 is 0.213 bits per heavy atom. The fourth-order valence-electron chi connectivity index (χ4n) is 15.2. The van der Waals surface area contributed by atoms with Crippen LogP contribution in [-0.2, 0) is 0 Å². The van der Waals surface area contributed by atoms with Gasteiger partial charge in [0.1, 0.15) is 0 Å². The van der Waals surface area contributed by atoms with Gasteiger partial charge in [-0.1, -0.05) is 263 Å². The van der Waals surface area contributed by atoms with Crippen LogP contribution < -0.4 is 32.8 Å². The van der Waals surface area contributed by atoms with Crippen molar-refractivity contribution < 1.29 is 0 Å². The van der Waals surface area contributed by atoms with E-state index in [0.29, 0.717) is 17.5 Å². The molecule has 6 heterocycles. The Morgan fingerprint density at radius 3 is 1.09 bits per heavy atom. The van der Waals surface area contributed by atoms with E-state index in [0.717, 1.165) is 55.8 Å². The Labute approximate surface area is 514 Å². The first kappa shape index (κ1) is 49.6. The molecule has 2 aliphatic rings. The number of hydrogen-bond acceptors (Lipinski definition) is 3. The molecule has 0 saturated carbocycles. The maximum atomic E-state index is 5.23. The number of aromatic nitrogens is 6. The van der Waals surface area contributed by atoms with Gasteiger partial charge in [-0.05, 0) is 95.1 Å². The van der Waals surface area contributed by atoms with Crippen molar-refractivity contribution in [1.82, 2.24) is 28.7 Å². The molecule has 0 N–H and O–H groups in total. The lowest BCUT2D eigenvalue weighted by Gasteiger charge is -2.13. The van der Waals surface area contributed by atoms with E-state index in [2.05, 4.69) is 281 Å². The third kappa shape index (κ3) is 7.57. The summed E-state index contributed by atoms with van der Waals surface area (Å²) < 4.78 is 7.40. The fourth-order valence-corrected chi connectivity index (χ4v) is 15.2. The summed E-state index contributed by atoms with van der Waals surface area (Å²) in [5.74, 6) is 1.86. The number of benzene rings is 13. The number of para-hydroxylation sites is 2. The molecule has 8 heteroatoms. The summed E-state index contributed by atoms with van der Waals surface area (Å²) in [5.41, 5.74) is 26.0. The Bertz CT molecular complexity index is 5620. The van der Waals surface area contributed by atoms with Crippen molar-refractivity contribution in [3.05, 3.63) is 303 Å². The van der Waals surface area contributed by atoms with E-state index in [1.165, 1.54) is 98.4 Å². The zero-order valence-electron chi connectivity index (χ0n) is 48.2. The van der Waals surface area contributed by atoms with Crippen LogP contribution in [0.3, 0.4) is 0 Å². The van der Waals surface area contributed by atoms with Gasteiger partial charge >= 0.3 is 0 Å². The molecule has 0 fully saturated rings. The van der Waals surface area contributed by atoms with Crippen molar-refractivity contribution in [1.29, 1.82) is 0 Å². The van der Waals surface area contributed by atoms with E-state index in [4.69, 9.17) is 15.0 Å². The molecule has 410 valence electrons. The van der Waals surface area contributed by atoms with E-state index >= 15 is 0 Å². The maximum absolute atomic E-state index is 5.23. The molecule has 17 aromatic rings. The molecule has 0 bridgehead atoms. The molecule has 0 radical (unpaired) electrons. The molecular formula is C81H50B2N6. The standard InChI is InChI=1S/C81H50B2N6/c1-4-21-51(22-5-1)79-84-80(52-23-6-2-7-24-52)86-81(85-79)53-25-20-28-57(45-53)88-74-42-39-54(82-69-34-15-10-29-59(69)60-30-11-16-35-70(60)82)46-64(74)67-49-68-65-47-55(83-71-36-17-12-31-61(71)62-32-13-18-37-72(62)83)40-43-75(65)89(78(68)50-77(67)88)58-41-44-76-66(48-58)63-33-14-19-38-73(63)87(76)56-26-8-3-9-27-56/h1-50H. The predicted octanol–water partition coefficient (Wildman–Crippen LogP) is 15.2. The van der Waals surface area contributed by atoms with E-state index in [9.17, 15) is 0 Å². The molecule has 0 saturated heterocycles. The lowest BCUT2D eigenvalue weighted by Crippen LogP contribution is -2.48. The van der Waals surface area contributed by atoms with Gasteiger partial charge in [-0.3, -0.25) is 0 Å². The predicted molar refractivity (Wildman–Crippen MR) is 372 cm³/mol. The first-order valence-electron chi connectivity index (χ1n) is 30.6.